The zero-order valence-electron chi connectivity index (χ0n) is 15.0. The van der Waals surface area contributed by atoms with Gasteiger partial charge >= 0.3 is 5.97 Å². The van der Waals surface area contributed by atoms with E-state index in [1.165, 1.54) is 44.4 Å². The largest absolute Gasteiger partial charge is 0.496 e. The standard InChI is InChI=1S/C20H20N2O5/c1-13(20(25)22-16-10-7-15(8-11-16)19(21)24)27-18(23)12-9-14-5-3-4-6-17(14)26-2/h3-13H,1-2H3,(H2,21,24)(H,22,25)/b12-9+/t13-/m0/s1. The topological polar surface area (TPSA) is 108 Å². The van der Waals surface area contributed by atoms with Gasteiger partial charge in [0.25, 0.3) is 5.91 Å². The zero-order chi connectivity index (χ0) is 19.8. The van der Waals surface area contributed by atoms with Crippen molar-refractivity contribution in [2.24, 2.45) is 5.73 Å². The van der Waals surface area contributed by atoms with E-state index in [0.717, 1.165) is 0 Å². The number of primary amides is 1. The van der Waals surface area contributed by atoms with Crippen LogP contribution >= 0.6 is 0 Å². The number of rotatable bonds is 7. The van der Waals surface area contributed by atoms with Crippen molar-refractivity contribution in [1.29, 1.82) is 0 Å². The summed E-state index contributed by atoms with van der Waals surface area (Å²) in [5.74, 6) is -1.10. The number of amides is 2. The van der Waals surface area contributed by atoms with Gasteiger partial charge in [0.05, 0.1) is 7.11 Å². The molecule has 0 aliphatic carbocycles. The predicted octanol–water partition coefficient (Wildman–Crippen LogP) is 2.38. The van der Waals surface area contributed by atoms with Crippen LogP contribution in [0.15, 0.2) is 54.6 Å². The summed E-state index contributed by atoms with van der Waals surface area (Å²) in [7, 11) is 1.54. The molecule has 0 aliphatic heterocycles. The van der Waals surface area contributed by atoms with Gasteiger partial charge < -0.3 is 20.5 Å². The molecule has 2 rings (SSSR count). The Balaban J connectivity index is 1.92. The van der Waals surface area contributed by atoms with E-state index in [-0.39, 0.29) is 0 Å². The zero-order valence-corrected chi connectivity index (χ0v) is 15.0. The third-order valence-corrected chi connectivity index (χ3v) is 3.64. The first-order valence-corrected chi connectivity index (χ1v) is 8.13. The monoisotopic (exact) mass is 368 g/mol. The van der Waals surface area contributed by atoms with Crippen LogP contribution < -0.4 is 15.8 Å². The second-order valence-electron chi connectivity index (χ2n) is 5.59. The minimum Gasteiger partial charge on any atom is -0.496 e. The Labute approximate surface area is 156 Å². The number of esters is 1. The van der Waals surface area contributed by atoms with Gasteiger partial charge in [-0.1, -0.05) is 18.2 Å². The van der Waals surface area contributed by atoms with Crippen molar-refractivity contribution in [3.05, 3.63) is 65.7 Å². The van der Waals surface area contributed by atoms with Crippen molar-refractivity contribution in [2.75, 3.05) is 12.4 Å². The molecular formula is C20H20N2O5. The van der Waals surface area contributed by atoms with E-state index in [1.807, 2.05) is 12.1 Å². The molecule has 0 saturated carbocycles. The lowest BCUT2D eigenvalue weighted by atomic mass is 10.2. The number of benzene rings is 2. The molecule has 0 saturated heterocycles. The molecule has 0 unspecified atom stereocenters. The second-order valence-corrected chi connectivity index (χ2v) is 5.59. The van der Waals surface area contributed by atoms with Gasteiger partial charge in [-0.15, -0.1) is 0 Å². The van der Waals surface area contributed by atoms with Crippen LogP contribution in [0.25, 0.3) is 6.08 Å². The first kappa shape index (κ1) is 19.7. The normalized spacial score (nSPS) is 11.6. The van der Waals surface area contributed by atoms with Crippen molar-refractivity contribution >= 4 is 29.5 Å². The molecule has 0 radical (unpaired) electrons. The first-order chi connectivity index (χ1) is 12.9. The van der Waals surface area contributed by atoms with Crippen LogP contribution in [0.3, 0.4) is 0 Å². The van der Waals surface area contributed by atoms with Crippen LogP contribution in [0, 0.1) is 0 Å². The molecule has 3 N–H and O–H groups in total. The van der Waals surface area contributed by atoms with Gasteiger partial charge in [-0.3, -0.25) is 9.59 Å². The smallest absolute Gasteiger partial charge is 0.331 e. The molecule has 1 atom stereocenters. The number of anilines is 1. The molecule has 2 amide bonds. The van der Waals surface area contributed by atoms with Crippen molar-refractivity contribution in [2.45, 2.75) is 13.0 Å². The van der Waals surface area contributed by atoms with Crippen LogP contribution in [0.2, 0.25) is 0 Å². The van der Waals surface area contributed by atoms with Crippen molar-refractivity contribution in [3.8, 4) is 5.75 Å². The Hall–Kier alpha value is -3.61. The summed E-state index contributed by atoms with van der Waals surface area (Å²) in [6.07, 6.45) is 1.77. The highest BCUT2D eigenvalue weighted by Gasteiger charge is 2.17. The van der Waals surface area contributed by atoms with Gasteiger partial charge in [0, 0.05) is 22.9 Å². The third kappa shape index (κ3) is 5.71. The average molecular weight is 368 g/mol. The number of nitrogens with two attached hydrogens (primary N) is 1. The van der Waals surface area contributed by atoms with Crippen LogP contribution in [-0.2, 0) is 14.3 Å². The Morgan fingerprint density at radius 3 is 2.37 bits per heavy atom. The minimum absolute atomic E-state index is 0.328. The van der Waals surface area contributed by atoms with E-state index >= 15 is 0 Å². The summed E-state index contributed by atoms with van der Waals surface area (Å²) in [5.41, 5.74) is 6.65. The quantitative estimate of drug-likeness (QED) is 0.576. The molecule has 0 bridgehead atoms. The van der Waals surface area contributed by atoms with E-state index in [2.05, 4.69) is 5.32 Å². The molecule has 0 aliphatic rings. The molecule has 0 fully saturated rings. The number of ether oxygens (including phenoxy) is 2. The molecule has 0 heterocycles. The Morgan fingerprint density at radius 2 is 1.74 bits per heavy atom. The molecule has 2 aromatic carbocycles. The number of hydrogen-bond acceptors (Lipinski definition) is 5. The summed E-state index contributed by atoms with van der Waals surface area (Å²) in [6, 6.07) is 13.2. The fraction of sp³-hybridized carbons (Fsp3) is 0.150. The number of methoxy groups -OCH3 is 1. The van der Waals surface area contributed by atoms with E-state index in [4.69, 9.17) is 15.2 Å². The van der Waals surface area contributed by atoms with E-state index in [9.17, 15) is 14.4 Å². The van der Waals surface area contributed by atoms with Crippen molar-refractivity contribution in [3.63, 3.8) is 0 Å². The number of carbonyl (C=O) groups excluding carboxylic acids is 3. The van der Waals surface area contributed by atoms with Crippen LogP contribution in [0.1, 0.15) is 22.8 Å². The first-order valence-electron chi connectivity index (χ1n) is 8.13. The van der Waals surface area contributed by atoms with Gasteiger partial charge in [-0.05, 0) is 43.3 Å². The van der Waals surface area contributed by atoms with Gasteiger partial charge in [0.15, 0.2) is 6.10 Å². The Bertz CT molecular complexity index is 859. The molecule has 2 aromatic rings. The fourth-order valence-electron chi connectivity index (χ4n) is 2.19. The molecular weight excluding hydrogens is 348 g/mol. The van der Waals surface area contributed by atoms with Crippen LogP contribution in [0.4, 0.5) is 5.69 Å². The van der Waals surface area contributed by atoms with Crippen molar-refractivity contribution in [1.82, 2.24) is 0 Å². The van der Waals surface area contributed by atoms with E-state index in [1.54, 1.807) is 18.2 Å². The third-order valence-electron chi connectivity index (χ3n) is 3.64. The average Bonchev–Trinajstić information content (AvgIpc) is 2.66. The lowest BCUT2D eigenvalue weighted by Crippen LogP contribution is -2.29. The summed E-state index contributed by atoms with van der Waals surface area (Å²) in [6.45, 7) is 1.46. The summed E-state index contributed by atoms with van der Waals surface area (Å²) < 4.78 is 10.3. The SMILES string of the molecule is COc1ccccc1/C=C/C(=O)O[C@@H](C)C(=O)Nc1ccc(C(N)=O)cc1. The van der Waals surface area contributed by atoms with Gasteiger partial charge in [-0.2, -0.15) is 0 Å². The van der Waals surface area contributed by atoms with Gasteiger partial charge in [0.2, 0.25) is 5.91 Å². The maximum atomic E-state index is 12.1. The highest BCUT2D eigenvalue weighted by atomic mass is 16.5. The van der Waals surface area contributed by atoms with E-state index < -0.39 is 23.9 Å². The molecule has 7 nitrogen and oxygen atoms in total. The Kier molecular flexibility index (Phi) is 6.71. The summed E-state index contributed by atoms with van der Waals surface area (Å²) in [5, 5.41) is 2.59. The molecule has 140 valence electrons. The van der Waals surface area contributed by atoms with Gasteiger partial charge in [-0.25, -0.2) is 4.79 Å². The number of carbonyl (C=O) groups is 3. The van der Waals surface area contributed by atoms with Gasteiger partial charge in [0.1, 0.15) is 5.75 Å². The maximum Gasteiger partial charge on any atom is 0.331 e. The highest BCUT2D eigenvalue weighted by molar-refractivity contribution is 5.97. The van der Waals surface area contributed by atoms with Crippen LogP contribution in [-0.4, -0.2) is 31.0 Å². The van der Waals surface area contributed by atoms with E-state index in [0.29, 0.717) is 22.6 Å². The minimum atomic E-state index is -1.00. The molecule has 7 heteroatoms. The summed E-state index contributed by atoms with van der Waals surface area (Å²) in [4.78, 5) is 35.1. The lowest BCUT2D eigenvalue weighted by molar-refractivity contribution is -0.148. The highest BCUT2D eigenvalue weighted by Crippen LogP contribution is 2.18. The Morgan fingerprint density at radius 1 is 1.07 bits per heavy atom. The van der Waals surface area contributed by atoms with Crippen molar-refractivity contribution < 1.29 is 23.9 Å². The second kappa shape index (κ2) is 9.19. The number of nitrogens with one attached hydrogen (secondary N) is 1. The van der Waals surface area contributed by atoms with Crippen LogP contribution in [0.5, 0.6) is 5.75 Å². The fourth-order valence-corrected chi connectivity index (χ4v) is 2.19. The number of para-hydroxylation sites is 1. The maximum absolute atomic E-state index is 12.1. The number of hydrogen-bond donors (Lipinski definition) is 2. The molecule has 27 heavy (non-hydrogen) atoms. The summed E-state index contributed by atoms with van der Waals surface area (Å²) >= 11 is 0. The lowest BCUT2D eigenvalue weighted by Gasteiger charge is -2.12. The molecule has 0 aromatic heterocycles. The predicted molar refractivity (Wildman–Crippen MR) is 101 cm³/mol. The molecule has 0 spiro atoms.